The van der Waals surface area contributed by atoms with Gasteiger partial charge in [-0.05, 0) is 19.1 Å². The van der Waals surface area contributed by atoms with Crippen LogP contribution in [0.4, 0.5) is 0 Å². The van der Waals surface area contributed by atoms with Gasteiger partial charge in [-0.3, -0.25) is 9.48 Å². The van der Waals surface area contributed by atoms with Crippen molar-refractivity contribution in [3.63, 3.8) is 0 Å². The van der Waals surface area contributed by atoms with Crippen molar-refractivity contribution in [2.75, 3.05) is 0 Å². The lowest BCUT2D eigenvalue weighted by atomic mass is 10.1. The number of benzene rings is 1. The number of aromatic nitrogens is 2. The third-order valence-corrected chi connectivity index (χ3v) is 2.16. The molecule has 0 aliphatic heterocycles. The number of nitrogens with zero attached hydrogens (tertiary/aromatic N) is 2. The second-order valence-electron chi connectivity index (χ2n) is 3.54. The number of hydrogen-bond acceptors (Lipinski definition) is 3. The molecule has 1 aromatic carbocycles. The molecule has 0 atom stereocenters. The Morgan fingerprint density at radius 1 is 1.38 bits per heavy atom. The maximum Gasteiger partial charge on any atom is 0.165 e. The predicted octanol–water partition coefficient (Wildman–Crippen LogP) is 2.42. The van der Waals surface area contributed by atoms with E-state index in [0.29, 0.717) is 17.1 Å². The largest absolute Gasteiger partial charge is 0.454 e. The van der Waals surface area contributed by atoms with E-state index in [1.165, 1.54) is 6.92 Å². The van der Waals surface area contributed by atoms with Crippen LogP contribution in [0.3, 0.4) is 0 Å². The Morgan fingerprint density at radius 2 is 2.19 bits per heavy atom. The van der Waals surface area contributed by atoms with Crippen LogP contribution < -0.4 is 4.74 Å². The number of carbonyl (C=O) groups excluding carboxylic acids is 1. The summed E-state index contributed by atoms with van der Waals surface area (Å²) in [6.45, 7) is 1.53. The molecule has 0 fully saturated rings. The summed E-state index contributed by atoms with van der Waals surface area (Å²) in [4.78, 5) is 11.2. The fourth-order valence-corrected chi connectivity index (χ4v) is 1.37. The molecule has 82 valence electrons. The molecule has 16 heavy (non-hydrogen) atoms. The van der Waals surface area contributed by atoms with E-state index in [4.69, 9.17) is 4.74 Å². The molecule has 0 radical (unpaired) electrons. The lowest BCUT2D eigenvalue weighted by Crippen LogP contribution is -1.92. The molecule has 2 aromatic rings. The summed E-state index contributed by atoms with van der Waals surface area (Å²) in [6.07, 6.45) is 3.39. The van der Waals surface area contributed by atoms with Gasteiger partial charge in [-0.1, -0.05) is 12.1 Å². The first kappa shape index (κ1) is 10.4. The van der Waals surface area contributed by atoms with Crippen molar-refractivity contribution in [1.29, 1.82) is 0 Å². The van der Waals surface area contributed by atoms with Gasteiger partial charge in [0.1, 0.15) is 5.75 Å². The summed E-state index contributed by atoms with van der Waals surface area (Å²) in [6, 6.07) is 7.08. The summed E-state index contributed by atoms with van der Waals surface area (Å²) in [7, 11) is 1.82. The Kier molecular flexibility index (Phi) is 2.72. The van der Waals surface area contributed by atoms with E-state index in [2.05, 4.69) is 5.10 Å². The van der Waals surface area contributed by atoms with Gasteiger partial charge in [-0.25, -0.2) is 0 Å². The summed E-state index contributed by atoms with van der Waals surface area (Å²) in [5.74, 6) is 1.32. The van der Waals surface area contributed by atoms with Gasteiger partial charge in [-0.2, -0.15) is 5.10 Å². The number of hydrogen-bond donors (Lipinski definition) is 0. The highest BCUT2D eigenvalue weighted by Gasteiger charge is 2.03. The first-order valence-corrected chi connectivity index (χ1v) is 4.92. The first-order valence-electron chi connectivity index (χ1n) is 4.92. The SMILES string of the molecule is CC(=O)c1cccc(Oc2cnn(C)c2)c1. The monoisotopic (exact) mass is 216 g/mol. The Hall–Kier alpha value is -2.10. The Labute approximate surface area is 93.5 Å². The van der Waals surface area contributed by atoms with Crippen molar-refractivity contribution in [2.45, 2.75) is 6.92 Å². The van der Waals surface area contributed by atoms with Crippen molar-refractivity contribution in [2.24, 2.45) is 7.05 Å². The Bertz CT molecular complexity index is 517. The highest BCUT2D eigenvalue weighted by atomic mass is 16.5. The van der Waals surface area contributed by atoms with E-state index in [-0.39, 0.29) is 5.78 Å². The fourth-order valence-electron chi connectivity index (χ4n) is 1.37. The molecule has 1 heterocycles. The molecule has 2 rings (SSSR count). The van der Waals surface area contributed by atoms with Crippen molar-refractivity contribution in [3.05, 3.63) is 42.2 Å². The maximum absolute atomic E-state index is 11.2. The molecule has 4 heteroatoms. The highest BCUT2D eigenvalue weighted by Crippen LogP contribution is 2.21. The molecule has 1 aromatic heterocycles. The minimum Gasteiger partial charge on any atom is -0.454 e. The summed E-state index contributed by atoms with van der Waals surface area (Å²) in [5, 5.41) is 4.00. The van der Waals surface area contributed by atoms with Crippen LogP contribution in [0.15, 0.2) is 36.7 Å². The van der Waals surface area contributed by atoms with E-state index in [1.807, 2.05) is 7.05 Å². The van der Waals surface area contributed by atoms with Crippen molar-refractivity contribution in [3.8, 4) is 11.5 Å². The number of Topliss-reactive ketones (excluding diaryl/α,β-unsaturated/α-hetero) is 1. The summed E-state index contributed by atoms with van der Waals surface area (Å²) in [5.41, 5.74) is 0.640. The summed E-state index contributed by atoms with van der Waals surface area (Å²) < 4.78 is 7.21. The zero-order valence-corrected chi connectivity index (χ0v) is 9.18. The molecule has 4 nitrogen and oxygen atoms in total. The zero-order valence-electron chi connectivity index (χ0n) is 9.18. The average molecular weight is 216 g/mol. The van der Waals surface area contributed by atoms with Crippen LogP contribution in [-0.4, -0.2) is 15.6 Å². The third-order valence-electron chi connectivity index (χ3n) is 2.16. The van der Waals surface area contributed by atoms with Gasteiger partial charge in [0.25, 0.3) is 0 Å². The number of rotatable bonds is 3. The van der Waals surface area contributed by atoms with Gasteiger partial charge in [0.15, 0.2) is 11.5 Å². The topological polar surface area (TPSA) is 44.1 Å². The van der Waals surface area contributed by atoms with E-state index in [9.17, 15) is 4.79 Å². The van der Waals surface area contributed by atoms with Crippen LogP contribution in [0.25, 0.3) is 0 Å². The molecule has 0 saturated heterocycles. The van der Waals surface area contributed by atoms with Crippen LogP contribution in [0.5, 0.6) is 11.5 Å². The standard InChI is InChI=1S/C12H12N2O2/c1-9(15)10-4-3-5-11(6-10)16-12-7-13-14(2)8-12/h3-8H,1-2H3. The van der Waals surface area contributed by atoms with E-state index < -0.39 is 0 Å². The van der Waals surface area contributed by atoms with E-state index in [0.717, 1.165) is 0 Å². The molecule has 0 amide bonds. The lowest BCUT2D eigenvalue weighted by Gasteiger charge is -2.03. The molecular formula is C12H12N2O2. The maximum atomic E-state index is 11.2. The third kappa shape index (κ3) is 2.28. The van der Waals surface area contributed by atoms with Gasteiger partial charge >= 0.3 is 0 Å². The molecule has 0 aliphatic carbocycles. The van der Waals surface area contributed by atoms with Crippen LogP contribution in [-0.2, 0) is 7.05 Å². The molecule has 0 unspecified atom stereocenters. The lowest BCUT2D eigenvalue weighted by molar-refractivity contribution is 0.101. The fraction of sp³-hybridized carbons (Fsp3) is 0.167. The van der Waals surface area contributed by atoms with E-state index in [1.54, 1.807) is 41.3 Å². The second kappa shape index (κ2) is 4.18. The van der Waals surface area contributed by atoms with Gasteiger partial charge in [0, 0.05) is 12.6 Å². The van der Waals surface area contributed by atoms with Crippen molar-refractivity contribution >= 4 is 5.78 Å². The van der Waals surface area contributed by atoms with Crippen LogP contribution >= 0.6 is 0 Å². The Balaban J connectivity index is 2.21. The molecule has 0 aliphatic rings. The number of ketones is 1. The quantitative estimate of drug-likeness (QED) is 0.740. The van der Waals surface area contributed by atoms with Gasteiger partial charge in [-0.15, -0.1) is 0 Å². The number of ether oxygens (including phenoxy) is 1. The molecular weight excluding hydrogens is 204 g/mol. The van der Waals surface area contributed by atoms with Gasteiger partial charge < -0.3 is 4.74 Å². The van der Waals surface area contributed by atoms with Crippen molar-refractivity contribution in [1.82, 2.24) is 9.78 Å². The normalized spacial score (nSPS) is 10.1. The molecule has 0 bridgehead atoms. The number of carbonyl (C=O) groups is 1. The molecule has 0 N–H and O–H groups in total. The summed E-state index contributed by atoms with van der Waals surface area (Å²) >= 11 is 0. The smallest absolute Gasteiger partial charge is 0.165 e. The average Bonchev–Trinajstić information content (AvgIpc) is 2.64. The molecule has 0 saturated carbocycles. The first-order chi connectivity index (χ1) is 7.65. The molecule has 0 spiro atoms. The van der Waals surface area contributed by atoms with Gasteiger partial charge in [0.05, 0.1) is 12.4 Å². The number of aryl methyl sites for hydroxylation is 1. The van der Waals surface area contributed by atoms with Crippen LogP contribution in [0.2, 0.25) is 0 Å². The second-order valence-corrected chi connectivity index (χ2v) is 3.54. The van der Waals surface area contributed by atoms with Crippen LogP contribution in [0.1, 0.15) is 17.3 Å². The zero-order chi connectivity index (χ0) is 11.5. The Morgan fingerprint density at radius 3 is 2.81 bits per heavy atom. The van der Waals surface area contributed by atoms with Crippen LogP contribution in [0, 0.1) is 0 Å². The van der Waals surface area contributed by atoms with Crippen molar-refractivity contribution < 1.29 is 9.53 Å². The minimum atomic E-state index is 0.0247. The highest BCUT2D eigenvalue weighted by molar-refractivity contribution is 5.94. The van der Waals surface area contributed by atoms with Gasteiger partial charge in [0.2, 0.25) is 0 Å². The van der Waals surface area contributed by atoms with E-state index >= 15 is 0 Å². The predicted molar refractivity (Wildman–Crippen MR) is 59.7 cm³/mol. The minimum absolute atomic E-state index is 0.0247.